The van der Waals surface area contributed by atoms with Crippen molar-refractivity contribution in [2.75, 3.05) is 18.8 Å². The van der Waals surface area contributed by atoms with Gasteiger partial charge in [-0.1, -0.05) is 29.8 Å². The SMILES string of the molecule is Cc1ccc(CCSC2CCCNC2)cc1. The highest BCUT2D eigenvalue weighted by atomic mass is 32.2. The van der Waals surface area contributed by atoms with Crippen LogP contribution in [0.15, 0.2) is 24.3 Å². The number of benzene rings is 1. The fraction of sp³-hybridized carbons (Fsp3) is 0.571. The van der Waals surface area contributed by atoms with E-state index in [1.54, 1.807) is 0 Å². The van der Waals surface area contributed by atoms with Crippen LogP contribution in [0.5, 0.6) is 0 Å². The van der Waals surface area contributed by atoms with Gasteiger partial charge in [0.05, 0.1) is 0 Å². The highest BCUT2D eigenvalue weighted by Gasteiger charge is 2.12. The third-order valence-corrected chi connectivity index (χ3v) is 4.43. The first-order valence-corrected chi connectivity index (χ1v) is 7.27. The van der Waals surface area contributed by atoms with Crippen molar-refractivity contribution in [2.45, 2.75) is 31.4 Å². The molecule has 0 saturated carbocycles. The van der Waals surface area contributed by atoms with Crippen LogP contribution in [-0.4, -0.2) is 24.1 Å². The fourth-order valence-corrected chi connectivity index (χ4v) is 3.32. The molecule has 1 aromatic rings. The fourth-order valence-electron chi connectivity index (χ4n) is 2.06. The van der Waals surface area contributed by atoms with Gasteiger partial charge in [-0.25, -0.2) is 0 Å². The number of rotatable bonds is 4. The Morgan fingerprint density at radius 3 is 2.81 bits per heavy atom. The molecular weight excluding hydrogens is 214 g/mol. The van der Waals surface area contributed by atoms with Crippen LogP contribution >= 0.6 is 11.8 Å². The summed E-state index contributed by atoms with van der Waals surface area (Å²) < 4.78 is 0. The van der Waals surface area contributed by atoms with Gasteiger partial charge in [0.2, 0.25) is 0 Å². The molecule has 1 fully saturated rings. The van der Waals surface area contributed by atoms with Crippen LogP contribution in [0.2, 0.25) is 0 Å². The Morgan fingerprint density at radius 1 is 1.31 bits per heavy atom. The molecule has 1 aliphatic heterocycles. The lowest BCUT2D eigenvalue weighted by Gasteiger charge is -2.22. The highest BCUT2D eigenvalue weighted by Crippen LogP contribution is 2.19. The average Bonchev–Trinajstić information content (AvgIpc) is 2.33. The molecule has 0 aliphatic carbocycles. The van der Waals surface area contributed by atoms with E-state index in [1.165, 1.54) is 49.2 Å². The third-order valence-electron chi connectivity index (χ3n) is 3.12. The molecule has 2 heteroatoms. The van der Waals surface area contributed by atoms with Gasteiger partial charge < -0.3 is 5.32 Å². The maximum atomic E-state index is 3.47. The molecule has 0 spiro atoms. The molecule has 1 N–H and O–H groups in total. The summed E-state index contributed by atoms with van der Waals surface area (Å²) in [6, 6.07) is 8.94. The molecule has 1 nitrogen and oxygen atoms in total. The van der Waals surface area contributed by atoms with Crippen molar-refractivity contribution in [3.63, 3.8) is 0 Å². The quantitative estimate of drug-likeness (QED) is 0.861. The van der Waals surface area contributed by atoms with Gasteiger partial charge >= 0.3 is 0 Å². The first kappa shape index (κ1) is 12.0. The summed E-state index contributed by atoms with van der Waals surface area (Å²) >= 11 is 2.13. The minimum absolute atomic E-state index is 0.846. The lowest BCUT2D eigenvalue weighted by Crippen LogP contribution is -2.31. The van der Waals surface area contributed by atoms with E-state index in [2.05, 4.69) is 48.3 Å². The molecule has 0 radical (unpaired) electrons. The zero-order chi connectivity index (χ0) is 11.2. The van der Waals surface area contributed by atoms with Crippen LogP contribution in [0.25, 0.3) is 0 Å². The summed E-state index contributed by atoms with van der Waals surface area (Å²) in [5, 5.41) is 4.32. The second kappa shape index (κ2) is 6.31. The van der Waals surface area contributed by atoms with E-state index >= 15 is 0 Å². The molecule has 1 unspecified atom stereocenters. The second-order valence-corrected chi connectivity index (χ2v) is 5.98. The summed E-state index contributed by atoms with van der Waals surface area (Å²) in [4.78, 5) is 0. The number of piperidine rings is 1. The zero-order valence-electron chi connectivity index (χ0n) is 10.0. The van der Waals surface area contributed by atoms with Crippen molar-refractivity contribution in [1.82, 2.24) is 5.32 Å². The molecule has 88 valence electrons. The van der Waals surface area contributed by atoms with Crippen molar-refractivity contribution in [1.29, 1.82) is 0 Å². The summed E-state index contributed by atoms with van der Waals surface area (Å²) in [7, 11) is 0. The van der Waals surface area contributed by atoms with Crippen molar-refractivity contribution >= 4 is 11.8 Å². The Bertz CT molecular complexity index is 301. The van der Waals surface area contributed by atoms with Crippen molar-refractivity contribution in [3.8, 4) is 0 Å². The molecule has 0 bridgehead atoms. The largest absolute Gasteiger partial charge is 0.316 e. The topological polar surface area (TPSA) is 12.0 Å². The van der Waals surface area contributed by atoms with Crippen LogP contribution in [0.1, 0.15) is 24.0 Å². The standard InChI is InChI=1S/C14H21NS/c1-12-4-6-13(7-5-12)8-10-16-14-3-2-9-15-11-14/h4-7,14-15H,2-3,8-11H2,1H3. The molecule has 2 rings (SSSR count). The summed E-state index contributed by atoms with van der Waals surface area (Å²) in [5.41, 5.74) is 2.83. The van der Waals surface area contributed by atoms with Crippen molar-refractivity contribution in [2.24, 2.45) is 0 Å². The Kier molecular flexibility index (Phi) is 4.73. The predicted octanol–water partition coefficient (Wildman–Crippen LogP) is 3.02. The van der Waals surface area contributed by atoms with Crippen LogP contribution in [-0.2, 0) is 6.42 Å². The van der Waals surface area contributed by atoms with E-state index in [0.717, 1.165) is 5.25 Å². The highest BCUT2D eigenvalue weighted by molar-refractivity contribution is 7.99. The number of nitrogens with one attached hydrogen (secondary N) is 1. The van der Waals surface area contributed by atoms with Gasteiger partial charge in [-0.15, -0.1) is 0 Å². The number of hydrogen-bond donors (Lipinski definition) is 1. The third kappa shape index (κ3) is 3.84. The van der Waals surface area contributed by atoms with Crippen LogP contribution in [0.4, 0.5) is 0 Å². The van der Waals surface area contributed by atoms with E-state index in [-0.39, 0.29) is 0 Å². The van der Waals surface area contributed by atoms with Gasteiger partial charge in [-0.05, 0) is 44.0 Å². The molecule has 1 saturated heterocycles. The van der Waals surface area contributed by atoms with Gasteiger partial charge in [-0.2, -0.15) is 11.8 Å². The zero-order valence-corrected chi connectivity index (χ0v) is 10.9. The molecule has 0 amide bonds. The molecule has 1 aromatic carbocycles. The van der Waals surface area contributed by atoms with Gasteiger partial charge in [0, 0.05) is 11.8 Å². The lowest BCUT2D eigenvalue weighted by atomic mass is 10.1. The smallest absolute Gasteiger partial charge is 0.0173 e. The van der Waals surface area contributed by atoms with Gasteiger partial charge in [-0.3, -0.25) is 0 Å². The van der Waals surface area contributed by atoms with Gasteiger partial charge in [0.15, 0.2) is 0 Å². The maximum Gasteiger partial charge on any atom is 0.0173 e. The van der Waals surface area contributed by atoms with E-state index in [0.29, 0.717) is 0 Å². The average molecular weight is 235 g/mol. The van der Waals surface area contributed by atoms with Crippen LogP contribution in [0, 0.1) is 6.92 Å². The Balaban J connectivity index is 1.69. The molecular formula is C14H21NS. The second-order valence-electron chi connectivity index (χ2n) is 4.57. The van der Waals surface area contributed by atoms with Gasteiger partial charge in [0.25, 0.3) is 0 Å². The summed E-state index contributed by atoms with van der Waals surface area (Å²) in [5.74, 6) is 1.26. The van der Waals surface area contributed by atoms with Crippen molar-refractivity contribution in [3.05, 3.63) is 35.4 Å². The minimum Gasteiger partial charge on any atom is -0.316 e. The maximum absolute atomic E-state index is 3.47. The minimum atomic E-state index is 0.846. The first-order chi connectivity index (χ1) is 7.84. The molecule has 16 heavy (non-hydrogen) atoms. The molecule has 1 aliphatic rings. The number of hydrogen-bond acceptors (Lipinski definition) is 2. The van der Waals surface area contributed by atoms with Gasteiger partial charge in [0.1, 0.15) is 0 Å². The number of aryl methyl sites for hydroxylation is 2. The van der Waals surface area contributed by atoms with Crippen LogP contribution < -0.4 is 5.32 Å². The monoisotopic (exact) mass is 235 g/mol. The van der Waals surface area contributed by atoms with E-state index in [1.807, 2.05) is 0 Å². The number of thioether (sulfide) groups is 1. The summed E-state index contributed by atoms with van der Waals surface area (Å²) in [6.45, 7) is 4.57. The van der Waals surface area contributed by atoms with E-state index in [4.69, 9.17) is 0 Å². The predicted molar refractivity (Wildman–Crippen MR) is 73.2 cm³/mol. The van der Waals surface area contributed by atoms with Crippen LogP contribution in [0.3, 0.4) is 0 Å². The molecule has 1 heterocycles. The Hall–Kier alpha value is -0.470. The van der Waals surface area contributed by atoms with Crippen molar-refractivity contribution < 1.29 is 0 Å². The summed E-state index contributed by atoms with van der Waals surface area (Å²) in [6.07, 6.45) is 3.95. The van der Waals surface area contributed by atoms with E-state index < -0.39 is 0 Å². The first-order valence-electron chi connectivity index (χ1n) is 6.22. The lowest BCUT2D eigenvalue weighted by molar-refractivity contribution is 0.531. The Morgan fingerprint density at radius 2 is 2.12 bits per heavy atom. The molecule has 1 atom stereocenters. The normalized spacial score (nSPS) is 20.9. The Labute approximate surface area is 103 Å². The van der Waals surface area contributed by atoms with E-state index in [9.17, 15) is 0 Å². The molecule has 0 aromatic heterocycles.